The van der Waals surface area contributed by atoms with Crippen LogP contribution in [0.2, 0.25) is 0 Å². The van der Waals surface area contributed by atoms with Crippen molar-refractivity contribution in [3.63, 3.8) is 0 Å². The van der Waals surface area contributed by atoms with Crippen molar-refractivity contribution in [1.29, 1.82) is 0 Å². The van der Waals surface area contributed by atoms with Crippen LogP contribution in [0.4, 0.5) is 0 Å². The van der Waals surface area contributed by atoms with Gasteiger partial charge in [0.1, 0.15) is 0 Å². The van der Waals surface area contributed by atoms with Crippen molar-refractivity contribution in [3.8, 4) is 0 Å². The molecular weight excluding hydrogens is 250 g/mol. The molecule has 1 aliphatic rings. The number of nitrogens with one attached hydrogen (secondary N) is 1. The van der Waals surface area contributed by atoms with Gasteiger partial charge in [-0.2, -0.15) is 5.10 Å². The normalized spacial score (nSPS) is 21.1. The van der Waals surface area contributed by atoms with E-state index in [0.717, 1.165) is 25.1 Å². The van der Waals surface area contributed by atoms with Gasteiger partial charge in [-0.15, -0.1) is 0 Å². The van der Waals surface area contributed by atoms with E-state index in [1.807, 2.05) is 24.6 Å². The monoisotopic (exact) mass is 271 g/mol. The molecule has 2 atom stereocenters. The third-order valence-electron chi connectivity index (χ3n) is 4.02. The summed E-state index contributed by atoms with van der Waals surface area (Å²) in [5, 5.41) is 7.49. The highest BCUT2D eigenvalue weighted by Crippen LogP contribution is 2.48. The number of hydrogen-bond donors (Lipinski definition) is 1. The summed E-state index contributed by atoms with van der Waals surface area (Å²) in [5.41, 5.74) is 3.62. The minimum absolute atomic E-state index is 0.177. The molecule has 4 heteroatoms. The summed E-state index contributed by atoms with van der Waals surface area (Å²) in [5.74, 6) is 1.32. The maximum Gasteiger partial charge on any atom is 0.219 e. The number of aromatic nitrogens is 2. The van der Waals surface area contributed by atoms with Gasteiger partial charge in [0.05, 0.1) is 11.2 Å². The Labute approximate surface area is 119 Å². The Kier molecular flexibility index (Phi) is 3.47. The number of carbonyl (C=O) groups excluding carboxylic acids is 1. The van der Waals surface area contributed by atoms with Gasteiger partial charge in [-0.1, -0.05) is 13.0 Å². The highest BCUT2D eigenvalue weighted by Gasteiger charge is 2.39. The third-order valence-corrected chi connectivity index (χ3v) is 4.02. The number of hydrogen-bond acceptors (Lipinski definition) is 2. The van der Waals surface area contributed by atoms with Gasteiger partial charge < -0.3 is 5.32 Å². The molecule has 1 saturated carbocycles. The maximum atomic E-state index is 11.5. The van der Waals surface area contributed by atoms with Crippen LogP contribution in [0.5, 0.6) is 0 Å². The largest absolute Gasteiger partial charge is 0.356 e. The molecule has 0 saturated heterocycles. The predicted molar refractivity (Wildman–Crippen MR) is 78.7 cm³/mol. The molecule has 1 amide bonds. The average molecular weight is 271 g/mol. The Morgan fingerprint density at radius 1 is 1.55 bits per heavy atom. The third kappa shape index (κ3) is 2.55. The van der Waals surface area contributed by atoms with Crippen LogP contribution in [-0.2, 0) is 4.79 Å². The molecule has 1 N–H and O–H groups in total. The molecule has 1 aliphatic carbocycles. The molecule has 0 aromatic carbocycles. The Morgan fingerprint density at radius 2 is 2.40 bits per heavy atom. The SMILES string of the molecule is CCCC(=O)NCC1CC1c1cccn2nc(C)cc12. The summed E-state index contributed by atoms with van der Waals surface area (Å²) < 4.78 is 1.95. The fourth-order valence-corrected chi connectivity index (χ4v) is 2.89. The minimum Gasteiger partial charge on any atom is -0.356 e. The first kappa shape index (κ1) is 13.2. The Morgan fingerprint density at radius 3 is 3.20 bits per heavy atom. The van der Waals surface area contributed by atoms with Crippen molar-refractivity contribution in [2.75, 3.05) is 6.54 Å². The maximum absolute atomic E-state index is 11.5. The van der Waals surface area contributed by atoms with Crippen molar-refractivity contribution in [2.24, 2.45) is 5.92 Å². The molecule has 2 aromatic rings. The van der Waals surface area contributed by atoms with Gasteiger partial charge in [0, 0.05) is 19.2 Å². The first-order valence-electron chi connectivity index (χ1n) is 7.40. The van der Waals surface area contributed by atoms with Crippen molar-refractivity contribution >= 4 is 11.4 Å². The van der Waals surface area contributed by atoms with E-state index in [-0.39, 0.29) is 5.91 Å². The molecule has 20 heavy (non-hydrogen) atoms. The molecule has 106 valence electrons. The van der Waals surface area contributed by atoms with E-state index in [1.165, 1.54) is 11.1 Å². The summed E-state index contributed by atoms with van der Waals surface area (Å²) in [4.78, 5) is 11.5. The van der Waals surface area contributed by atoms with E-state index < -0.39 is 0 Å². The summed E-state index contributed by atoms with van der Waals surface area (Å²) in [6.07, 6.45) is 4.70. The molecule has 0 spiro atoms. The van der Waals surface area contributed by atoms with Crippen LogP contribution in [0, 0.1) is 12.8 Å². The van der Waals surface area contributed by atoms with Crippen LogP contribution in [-0.4, -0.2) is 22.1 Å². The fraction of sp³-hybridized carbons (Fsp3) is 0.500. The van der Waals surface area contributed by atoms with Gasteiger partial charge in [0.15, 0.2) is 0 Å². The Bertz CT molecular complexity index is 632. The zero-order chi connectivity index (χ0) is 14.1. The van der Waals surface area contributed by atoms with Crippen LogP contribution >= 0.6 is 0 Å². The van der Waals surface area contributed by atoms with Crippen molar-refractivity contribution in [1.82, 2.24) is 14.9 Å². The molecule has 3 rings (SSSR count). The number of pyridine rings is 1. The summed E-state index contributed by atoms with van der Waals surface area (Å²) in [6, 6.07) is 6.38. The van der Waals surface area contributed by atoms with Gasteiger partial charge in [0.2, 0.25) is 5.91 Å². The molecule has 2 aromatic heterocycles. The zero-order valence-corrected chi connectivity index (χ0v) is 12.1. The second kappa shape index (κ2) is 5.27. The van der Waals surface area contributed by atoms with E-state index in [1.54, 1.807) is 0 Å². The lowest BCUT2D eigenvalue weighted by molar-refractivity contribution is -0.121. The van der Waals surface area contributed by atoms with Gasteiger partial charge in [-0.05, 0) is 49.3 Å². The first-order chi connectivity index (χ1) is 9.69. The molecule has 0 bridgehead atoms. The lowest BCUT2D eigenvalue weighted by Gasteiger charge is -2.05. The minimum atomic E-state index is 0.177. The Balaban J connectivity index is 1.67. The number of aryl methyl sites for hydroxylation is 1. The fourth-order valence-electron chi connectivity index (χ4n) is 2.89. The quantitative estimate of drug-likeness (QED) is 0.908. The molecule has 1 fully saturated rings. The van der Waals surface area contributed by atoms with E-state index in [2.05, 4.69) is 28.6 Å². The van der Waals surface area contributed by atoms with E-state index in [9.17, 15) is 4.79 Å². The topological polar surface area (TPSA) is 46.4 Å². The van der Waals surface area contributed by atoms with E-state index in [4.69, 9.17) is 0 Å². The first-order valence-corrected chi connectivity index (χ1v) is 7.40. The highest BCUT2D eigenvalue weighted by atomic mass is 16.1. The van der Waals surface area contributed by atoms with E-state index >= 15 is 0 Å². The van der Waals surface area contributed by atoms with Gasteiger partial charge in [0.25, 0.3) is 0 Å². The van der Waals surface area contributed by atoms with Crippen LogP contribution in [0.25, 0.3) is 5.52 Å². The summed E-state index contributed by atoms with van der Waals surface area (Å²) >= 11 is 0. The second-order valence-electron chi connectivity index (χ2n) is 5.74. The van der Waals surface area contributed by atoms with E-state index in [0.29, 0.717) is 18.3 Å². The molecule has 2 unspecified atom stereocenters. The van der Waals surface area contributed by atoms with Crippen molar-refractivity contribution in [3.05, 3.63) is 35.7 Å². The summed E-state index contributed by atoms with van der Waals surface area (Å²) in [6.45, 7) is 4.85. The number of fused-ring (bicyclic) bond motifs is 1. The lowest BCUT2D eigenvalue weighted by atomic mass is 10.1. The average Bonchev–Trinajstić information content (AvgIpc) is 3.08. The number of nitrogens with zero attached hydrogens (tertiary/aromatic N) is 2. The summed E-state index contributed by atoms with van der Waals surface area (Å²) in [7, 11) is 0. The lowest BCUT2D eigenvalue weighted by Crippen LogP contribution is -2.25. The second-order valence-corrected chi connectivity index (χ2v) is 5.74. The number of carbonyl (C=O) groups is 1. The molecular formula is C16H21N3O. The van der Waals surface area contributed by atoms with Crippen LogP contribution in [0.3, 0.4) is 0 Å². The van der Waals surface area contributed by atoms with Gasteiger partial charge in [-0.25, -0.2) is 4.52 Å². The molecule has 0 radical (unpaired) electrons. The number of amides is 1. The van der Waals surface area contributed by atoms with Crippen LogP contribution < -0.4 is 5.32 Å². The zero-order valence-electron chi connectivity index (χ0n) is 12.1. The number of rotatable bonds is 5. The Hall–Kier alpha value is -1.84. The smallest absolute Gasteiger partial charge is 0.219 e. The van der Waals surface area contributed by atoms with Crippen LogP contribution in [0.1, 0.15) is 43.4 Å². The molecule has 2 heterocycles. The van der Waals surface area contributed by atoms with Gasteiger partial charge >= 0.3 is 0 Å². The van der Waals surface area contributed by atoms with Crippen molar-refractivity contribution < 1.29 is 4.79 Å². The van der Waals surface area contributed by atoms with Gasteiger partial charge in [-0.3, -0.25) is 4.79 Å². The molecule has 0 aliphatic heterocycles. The molecule has 4 nitrogen and oxygen atoms in total. The van der Waals surface area contributed by atoms with Crippen LogP contribution in [0.15, 0.2) is 24.4 Å². The standard InChI is InChI=1S/C16H21N3O/c1-3-5-16(20)17-10-12-9-14(12)13-6-4-7-19-15(13)8-11(2)18-19/h4,6-8,12,14H,3,5,9-10H2,1-2H3,(H,17,20). The highest BCUT2D eigenvalue weighted by molar-refractivity contribution is 5.75. The van der Waals surface area contributed by atoms with Crippen molar-refractivity contribution in [2.45, 2.75) is 39.0 Å². The predicted octanol–water partition coefficient (Wildman–Crippen LogP) is 2.66.